The molecule has 7 nitrogen and oxygen atoms in total. The normalized spacial score (nSPS) is 29.5. The smallest absolute Gasteiger partial charge is 0.226 e. The van der Waals surface area contributed by atoms with Crippen LogP contribution < -0.4 is 5.32 Å². The highest BCUT2D eigenvalue weighted by molar-refractivity contribution is 6.31. The predicted molar refractivity (Wildman–Crippen MR) is 111 cm³/mol. The summed E-state index contributed by atoms with van der Waals surface area (Å²) in [6.45, 7) is 1.16. The zero-order valence-electron chi connectivity index (χ0n) is 17.0. The fourth-order valence-electron chi connectivity index (χ4n) is 4.27. The molecule has 0 bridgehead atoms. The van der Waals surface area contributed by atoms with Crippen LogP contribution >= 0.6 is 11.6 Å². The number of carbonyl (C=O) groups is 2. The van der Waals surface area contributed by atoms with Crippen molar-refractivity contribution >= 4 is 23.4 Å². The summed E-state index contributed by atoms with van der Waals surface area (Å²) >= 11 is 6.14. The van der Waals surface area contributed by atoms with Crippen LogP contribution in [0.5, 0.6) is 0 Å². The second-order valence-corrected chi connectivity index (χ2v) is 8.88. The summed E-state index contributed by atoms with van der Waals surface area (Å²) in [7, 11) is 0. The standard InChI is InChI=1S/C22H29ClN2O5/c23-18-4-2-1-3-15(18)10-24-21(27)9-17-7-8-19-20(30-17)13-29-12-16(26)11-25(19)22(28)14-5-6-14/h1-4,14,16-17,19-20,26H,5-13H2,(H,24,27)/t16-,17-,19+,20-/m1/s1. The number of rotatable bonds is 5. The Labute approximate surface area is 181 Å². The Morgan fingerprint density at radius 3 is 2.73 bits per heavy atom. The van der Waals surface area contributed by atoms with Crippen LogP contribution in [0.1, 0.15) is 37.7 Å². The first-order chi connectivity index (χ1) is 14.5. The molecule has 3 aliphatic rings. The van der Waals surface area contributed by atoms with E-state index in [-0.39, 0.29) is 55.6 Å². The number of ether oxygens (including phenoxy) is 2. The molecule has 1 aromatic carbocycles. The average Bonchev–Trinajstić information content (AvgIpc) is 3.55. The van der Waals surface area contributed by atoms with Crippen LogP contribution in [0.15, 0.2) is 24.3 Å². The van der Waals surface area contributed by atoms with Gasteiger partial charge in [-0.25, -0.2) is 0 Å². The van der Waals surface area contributed by atoms with E-state index in [4.69, 9.17) is 21.1 Å². The third-order valence-corrected chi connectivity index (χ3v) is 6.41. The fourth-order valence-corrected chi connectivity index (χ4v) is 4.48. The molecule has 8 heteroatoms. The van der Waals surface area contributed by atoms with E-state index >= 15 is 0 Å². The summed E-state index contributed by atoms with van der Waals surface area (Å²) in [5.41, 5.74) is 0.873. The van der Waals surface area contributed by atoms with E-state index in [0.717, 1.165) is 24.8 Å². The molecule has 2 N–H and O–H groups in total. The SMILES string of the molecule is O=C(C[C@H]1CC[C@H]2[C@@H](COC[C@H](O)CN2C(=O)C2CC2)O1)NCc1ccccc1Cl. The van der Waals surface area contributed by atoms with Crippen LogP contribution in [0.4, 0.5) is 0 Å². The molecule has 2 amide bonds. The van der Waals surface area contributed by atoms with E-state index in [1.165, 1.54) is 0 Å². The number of fused-ring (bicyclic) bond motifs is 1. The van der Waals surface area contributed by atoms with Gasteiger partial charge < -0.3 is 24.8 Å². The van der Waals surface area contributed by atoms with E-state index in [1.807, 2.05) is 23.1 Å². The maximum absolute atomic E-state index is 12.8. The van der Waals surface area contributed by atoms with E-state index in [2.05, 4.69) is 5.32 Å². The molecule has 2 heterocycles. The molecule has 0 radical (unpaired) electrons. The second kappa shape index (κ2) is 9.64. The molecule has 1 saturated carbocycles. The maximum atomic E-state index is 12.8. The second-order valence-electron chi connectivity index (χ2n) is 8.47. The van der Waals surface area contributed by atoms with Gasteiger partial charge in [0.1, 0.15) is 6.10 Å². The number of hydrogen-bond acceptors (Lipinski definition) is 5. The molecule has 1 aliphatic carbocycles. The van der Waals surface area contributed by atoms with Crippen LogP contribution in [-0.4, -0.2) is 65.9 Å². The van der Waals surface area contributed by atoms with Crippen molar-refractivity contribution in [3.8, 4) is 0 Å². The van der Waals surface area contributed by atoms with Crippen LogP contribution in [0, 0.1) is 5.92 Å². The molecule has 0 aromatic heterocycles. The molecule has 1 aromatic rings. The quantitative estimate of drug-likeness (QED) is 0.736. The van der Waals surface area contributed by atoms with Gasteiger partial charge in [-0.15, -0.1) is 0 Å². The zero-order valence-corrected chi connectivity index (χ0v) is 17.7. The van der Waals surface area contributed by atoms with Gasteiger partial charge >= 0.3 is 0 Å². The van der Waals surface area contributed by atoms with E-state index in [9.17, 15) is 14.7 Å². The first-order valence-electron chi connectivity index (χ1n) is 10.7. The number of hydrogen-bond donors (Lipinski definition) is 2. The minimum atomic E-state index is -0.679. The monoisotopic (exact) mass is 436 g/mol. The number of benzene rings is 1. The van der Waals surface area contributed by atoms with Gasteiger partial charge in [0.15, 0.2) is 0 Å². The Balaban J connectivity index is 1.33. The summed E-state index contributed by atoms with van der Waals surface area (Å²) < 4.78 is 11.8. The number of amides is 2. The summed E-state index contributed by atoms with van der Waals surface area (Å²) in [5, 5.41) is 13.7. The number of carbonyl (C=O) groups excluding carboxylic acids is 2. The summed E-state index contributed by atoms with van der Waals surface area (Å²) in [5.74, 6) is 0.114. The van der Waals surface area contributed by atoms with Gasteiger partial charge in [-0.3, -0.25) is 9.59 Å². The Kier molecular flexibility index (Phi) is 6.93. The van der Waals surface area contributed by atoms with Crippen molar-refractivity contribution in [1.82, 2.24) is 10.2 Å². The van der Waals surface area contributed by atoms with Crippen LogP contribution in [0.2, 0.25) is 5.02 Å². The van der Waals surface area contributed by atoms with Crippen molar-refractivity contribution in [3.63, 3.8) is 0 Å². The Morgan fingerprint density at radius 2 is 1.97 bits per heavy atom. The molecule has 4 rings (SSSR count). The van der Waals surface area contributed by atoms with Crippen molar-refractivity contribution < 1.29 is 24.2 Å². The highest BCUT2D eigenvalue weighted by Crippen LogP contribution is 2.35. The molecule has 4 atom stereocenters. The average molecular weight is 437 g/mol. The lowest BCUT2D eigenvalue weighted by molar-refractivity contribution is -0.170. The van der Waals surface area contributed by atoms with Gasteiger partial charge in [-0.1, -0.05) is 29.8 Å². The molecule has 2 aliphatic heterocycles. The van der Waals surface area contributed by atoms with E-state index < -0.39 is 6.10 Å². The molecular formula is C22H29ClN2O5. The van der Waals surface area contributed by atoms with Crippen LogP contribution in [-0.2, 0) is 25.6 Å². The van der Waals surface area contributed by atoms with E-state index in [0.29, 0.717) is 24.6 Å². The molecule has 0 unspecified atom stereocenters. The predicted octanol–water partition coefficient (Wildman–Crippen LogP) is 1.89. The van der Waals surface area contributed by atoms with Gasteiger partial charge in [-0.05, 0) is 37.3 Å². The first kappa shape index (κ1) is 21.6. The Bertz CT molecular complexity index is 772. The highest BCUT2D eigenvalue weighted by atomic mass is 35.5. The first-order valence-corrected chi connectivity index (χ1v) is 11.1. The molecular weight excluding hydrogens is 408 g/mol. The van der Waals surface area contributed by atoms with Crippen molar-refractivity contribution in [3.05, 3.63) is 34.9 Å². The third kappa shape index (κ3) is 5.32. The lowest BCUT2D eigenvalue weighted by atomic mass is 9.94. The summed E-state index contributed by atoms with van der Waals surface area (Å²) in [6.07, 6.45) is 2.35. The molecule has 3 fully saturated rings. The minimum absolute atomic E-state index is 0.0894. The third-order valence-electron chi connectivity index (χ3n) is 6.04. The topological polar surface area (TPSA) is 88.1 Å². The van der Waals surface area contributed by atoms with Gasteiger partial charge in [0.05, 0.1) is 37.9 Å². The number of aliphatic hydroxyl groups is 1. The van der Waals surface area contributed by atoms with Crippen molar-refractivity contribution in [2.45, 2.75) is 63.0 Å². The number of aliphatic hydroxyl groups excluding tert-OH is 1. The van der Waals surface area contributed by atoms with Gasteiger partial charge in [0, 0.05) is 24.0 Å². The molecule has 2 saturated heterocycles. The van der Waals surface area contributed by atoms with Crippen LogP contribution in [0.3, 0.4) is 0 Å². The van der Waals surface area contributed by atoms with Crippen molar-refractivity contribution in [2.24, 2.45) is 5.92 Å². The fraction of sp³-hybridized carbons (Fsp3) is 0.636. The summed E-state index contributed by atoms with van der Waals surface area (Å²) in [6, 6.07) is 7.31. The van der Waals surface area contributed by atoms with Crippen molar-refractivity contribution in [2.75, 3.05) is 19.8 Å². The lowest BCUT2D eigenvalue weighted by Gasteiger charge is -2.44. The number of halogens is 1. The zero-order chi connectivity index (χ0) is 21.1. The number of nitrogens with one attached hydrogen (secondary N) is 1. The van der Waals surface area contributed by atoms with Gasteiger partial charge in [-0.2, -0.15) is 0 Å². The highest BCUT2D eigenvalue weighted by Gasteiger charge is 2.43. The lowest BCUT2D eigenvalue weighted by Crippen LogP contribution is -2.57. The van der Waals surface area contributed by atoms with Gasteiger partial charge in [0.2, 0.25) is 11.8 Å². The Hall–Kier alpha value is -1.67. The van der Waals surface area contributed by atoms with E-state index in [1.54, 1.807) is 6.07 Å². The Morgan fingerprint density at radius 1 is 1.17 bits per heavy atom. The molecule has 0 spiro atoms. The largest absolute Gasteiger partial charge is 0.389 e. The molecule has 164 valence electrons. The molecule has 30 heavy (non-hydrogen) atoms. The van der Waals surface area contributed by atoms with Gasteiger partial charge in [0.25, 0.3) is 0 Å². The number of β-amino-alcohol motifs (C(OH)–C–C–N with tert-alkyl or cyclic N) is 1. The number of nitrogens with zero attached hydrogens (tertiary/aromatic N) is 1. The summed E-state index contributed by atoms with van der Waals surface area (Å²) in [4.78, 5) is 27.0. The minimum Gasteiger partial charge on any atom is -0.389 e. The maximum Gasteiger partial charge on any atom is 0.226 e. The van der Waals surface area contributed by atoms with Crippen LogP contribution in [0.25, 0.3) is 0 Å². The van der Waals surface area contributed by atoms with Crippen molar-refractivity contribution in [1.29, 1.82) is 0 Å².